The Bertz CT molecular complexity index is 538. The Morgan fingerprint density at radius 3 is 2.69 bits per heavy atom. The van der Waals surface area contributed by atoms with Crippen LogP contribution in [0.5, 0.6) is 0 Å². The summed E-state index contributed by atoms with van der Waals surface area (Å²) in [6.07, 6.45) is 2.46. The van der Waals surface area contributed by atoms with Crippen LogP contribution in [0.3, 0.4) is 0 Å². The Balaban J connectivity index is 2.62. The van der Waals surface area contributed by atoms with Crippen LogP contribution in [0.1, 0.15) is 16.1 Å². The van der Waals surface area contributed by atoms with Crippen LogP contribution in [0.25, 0.3) is 11.1 Å². The Morgan fingerprint density at radius 2 is 2.00 bits per heavy atom. The molecule has 0 aliphatic carbocycles. The number of nitrogens with zero attached hydrogens (tertiary/aromatic N) is 2. The van der Waals surface area contributed by atoms with Gasteiger partial charge < -0.3 is 5.73 Å². The maximum absolute atomic E-state index is 10.9. The summed E-state index contributed by atoms with van der Waals surface area (Å²) >= 11 is 0. The average molecular weight is 213 g/mol. The molecule has 0 aliphatic heterocycles. The predicted octanol–water partition coefficient (Wildman–Crippen LogP) is 1.85. The molecule has 0 amide bonds. The summed E-state index contributed by atoms with van der Waals surface area (Å²) in [6.45, 7) is 1.84. The molecule has 1 aromatic carbocycles. The number of rotatable bonds is 2. The SMILES string of the molecule is Cc1nc(N)ncc1-c1ccccc1C=O. The normalized spacial score (nSPS) is 10.1. The van der Waals surface area contributed by atoms with Crippen molar-refractivity contribution in [1.82, 2.24) is 9.97 Å². The van der Waals surface area contributed by atoms with E-state index in [1.807, 2.05) is 25.1 Å². The molecular formula is C12H11N3O. The molecule has 2 rings (SSSR count). The van der Waals surface area contributed by atoms with Crippen molar-refractivity contribution in [3.8, 4) is 11.1 Å². The molecule has 0 radical (unpaired) electrons. The molecule has 0 aliphatic rings. The number of carbonyl (C=O) groups excluding carboxylic acids is 1. The van der Waals surface area contributed by atoms with Gasteiger partial charge >= 0.3 is 0 Å². The van der Waals surface area contributed by atoms with Crippen molar-refractivity contribution < 1.29 is 4.79 Å². The second-order valence-electron chi connectivity index (χ2n) is 3.43. The molecule has 0 unspecified atom stereocenters. The first-order valence-corrected chi connectivity index (χ1v) is 4.86. The minimum Gasteiger partial charge on any atom is -0.368 e. The molecule has 0 fully saturated rings. The summed E-state index contributed by atoms with van der Waals surface area (Å²) < 4.78 is 0. The molecule has 4 nitrogen and oxygen atoms in total. The van der Waals surface area contributed by atoms with E-state index in [1.165, 1.54) is 0 Å². The van der Waals surface area contributed by atoms with E-state index >= 15 is 0 Å². The van der Waals surface area contributed by atoms with Crippen molar-refractivity contribution in [3.05, 3.63) is 41.7 Å². The van der Waals surface area contributed by atoms with Gasteiger partial charge in [0.1, 0.15) is 0 Å². The third-order valence-electron chi connectivity index (χ3n) is 2.38. The van der Waals surface area contributed by atoms with E-state index in [0.29, 0.717) is 5.56 Å². The molecule has 0 bridgehead atoms. The number of nitrogen functional groups attached to an aromatic ring is 1. The number of benzene rings is 1. The van der Waals surface area contributed by atoms with E-state index in [1.54, 1.807) is 12.3 Å². The summed E-state index contributed by atoms with van der Waals surface area (Å²) in [5, 5.41) is 0. The summed E-state index contributed by atoms with van der Waals surface area (Å²) in [7, 11) is 0. The van der Waals surface area contributed by atoms with Crippen LogP contribution in [-0.2, 0) is 0 Å². The molecule has 2 aromatic rings. The van der Waals surface area contributed by atoms with Crippen LogP contribution < -0.4 is 5.73 Å². The highest BCUT2D eigenvalue weighted by molar-refractivity contribution is 5.87. The van der Waals surface area contributed by atoms with Gasteiger partial charge in [-0.2, -0.15) is 0 Å². The molecule has 0 spiro atoms. The zero-order chi connectivity index (χ0) is 11.5. The number of aryl methyl sites for hydroxylation is 1. The second kappa shape index (κ2) is 4.10. The van der Waals surface area contributed by atoms with Crippen molar-refractivity contribution in [2.75, 3.05) is 5.73 Å². The van der Waals surface area contributed by atoms with Gasteiger partial charge in [-0.05, 0) is 12.5 Å². The van der Waals surface area contributed by atoms with E-state index in [-0.39, 0.29) is 5.95 Å². The van der Waals surface area contributed by atoms with Gasteiger partial charge in [-0.25, -0.2) is 9.97 Å². The van der Waals surface area contributed by atoms with E-state index in [4.69, 9.17) is 5.73 Å². The van der Waals surface area contributed by atoms with Gasteiger partial charge in [-0.3, -0.25) is 4.79 Å². The fourth-order valence-electron chi connectivity index (χ4n) is 1.59. The summed E-state index contributed by atoms with van der Waals surface area (Å²) in [6, 6.07) is 7.32. The third-order valence-corrected chi connectivity index (χ3v) is 2.38. The van der Waals surface area contributed by atoms with E-state index in [9.17, 15) is 4.79 Å². The van der Waals surface area contributed by atoms with Crippen LogP contribution in [0, 0.1) is 6.92 Å². The monoisotopic (exact) mass is 213 g/mol. The predicted molar refractivity (Wildman–Crippen MR) is 62.0 cm³/mol. The number of nitrogens with two attached hydrogens (primary N) is 1. The fraction of sp³-hybridized carbons (Fsp3) is 0.0833. The van der Waals surface area contributed by atoms with Gasteiger partial charge in [0.05, 0.1) is 5.69 Å². The maximum Gasteiger partial charge on any atom is 0.220 e. The van der Waals surface area contributed by atoms with Crippen molar-refractivity contribution in [1.29, 1.82) is 0 Å². The lowest BCUT2D eigenvalue weighted by Crippen LogP contribution is -1.99. The Labute approximate surface area is 93.2 Å². The van der Waals surface area contributed by atoms with Gasteiger partial charge in [0.15, 0.2) is 6.29 Å². The van der Waals surface area contributed by atoms with Crippen LogP contribution in [0.15, 0.2) is 30.5 Å². The minimum atomic E-state index is 0.241. The van der Waals surface area contributed by atoms with Gasteiger partial charge in [-0.15, -0.1) is 0 Å². The molecule has 80 valence electrons. The van der Waals surface area contributed by atoms with Crippen molar-refractivity contribution >= 4 is 12.2 Å². The molecule has 2 N–H and O–H groups in total. The lowest BCUT2D eigenvalue weighted by Gasteiger charge is -2.07. The number of anilines is 1. The molecule has 16 heavy (non-hydrogen) atoms. The van der Waals surface area contributed by atoms with Gasteiger partial charge in [-0.1, -0.05) is 24.3 Å². The Kier molecular flexibility index (Phi) is 2.64. The first-order chi connectivity index (χ1) is 7.72. The zero-order valence-corrected chi connectivity index (χ0v) is 8.84. The number of aldehydes is 1. The fourth-order valence-corrected chi connectivity index (χ4v) is 1.59. The second-order valence-corrected chi connectivity index (χ2v) is 3.43. The first kappa shape index (κ1) is 10.3. The Hall–Kier alpha value is -2.23. The standard InChI is InChI=1S/C12H11N3O/c1-8-11(6-14-12(13)15-8)10-5-3-2-4-9(10)7-16/h2-7H,1H3,(H2,13,14,15). The quantitative estimate of drug-likeness (QED) is 0.773. The third kappa shape index (κ3) is 1.77. The number of aromatic nitrogens is 2. The smallest absolute Gasteiger partial charge is 0.220 e. The van der Waals surface area contributed by atoms with Crippen LogP contribution in [0.2, 0.25) is 0 Å². The molecule has 0 saturated heterocycles. The first-order valence-electron chi connectivity index (χ1n) is 4.86. The number of hydrogen-bond donors (Lipinski definition) is 1. The number of hydrogen-bond acceptors (Lipinski definition) is 4. The highest BCUT2D eigenvalue weighted by Crippen LogP contribution is 2.24. The lowest BCUT2D eigenvalue weighted by molar-refractivity contribution is 0.112. The van der Waals surface area contributed by atoms with Crippen LogP contribution in [-0.4, -0.2) is 16.3 Å². The highest BCUT2D eigenvalue weighted by Gasteiger charge is 2.08. The molecule has 1 aromatic heterocycles. The summed E-state index contributed by atoms with van der Waals surface area (Å²) in [4.78, 5) is 18.9. The van der Waals surface area contributed by atoms with Gasteiger partial charge in [0.2, 0.25) is 5.95 Å². The van der Waals surface area contributed by atoms with Gasteiger partial charge in [0, 0.05) is 17.3 Å². The topological polar surface area (TPSA) is 68.9 Å². The van der Waals surface area contributed by atoms with Crippen molar-refractivity contribution in [2.45, 2.75) is 6.92 Å². The average Bonchev–Trinajstić information content (AvgIpc) is 2.29. The minimum absolute atomic E-state index is 0.241. The summed E-state index contributed by atoms with van der Waals surface area (Å²) in [5.41, 5.74) is 8.53. The molecule has 4 heteroatoms. The van der Waals surface area contributed by atoms with Crippen LogP contribution in [0.4, 0.5) is 5.95 Å². The Morgan fingerprint density at radius 1 is 1.25 bits per heavy atom. The lowest BCUT2D eigenvalue weighted by atomic mass is 10.0. The largest absolute Gasteiger partial charge is 0.368 e. The van der Waals surface area contributed by atoms with Crippen molar-refractivity contribution in [2.24, 2.45) is 0 Å². The maximum atomic E-state index is 10.9. The van der Waals surface area contributed by atoms with E-state index < -0.39 is 0 Å². The van der Waals surface area contributed by atoms with Gasteiger partial charge in [0.25, 0.3) is 0 Å². The molecule has 1 heterocycles. The number of carbonyl (C=O) groups is 1. The molecular weight excluding hydrogens is 202 g/mol. The van der Waals surface area contributed by atoms with Crippen LogP contribution >= 0.6 is 0 Å². The van der Waals surface area contributed by atoms with E-state index in [0.717, 1.165) is 23.1 Å². The molecule has 0 atom stereocenters. The van der Waals surface area contributed by atoms with E-state index in [2.05, 4.69) is 9.97 Å². The molecule has 0 saturated carbocycles. The summed E-state index contributed by atoms with van der Waals surface area (Å²) in [5.74, 6) is 0.241. The highest BCUT2D eigenvalue weighted by atomic mass is 16.1. The zero-order valence-electron chi connectivity index (χ0n) is 8.84. The van der Waals surface area contributed by atoms with Crippen molar-refractivity contribution in [3.63, 3.8) is 0 Å².